The lowest BCUT2D eigenvalue weighted by molar-refractivity contribution is 0.0827. The van der Waals surface area contributed by atoms with E-state index in [1.807, 2.05) is 0 Å². The Morgan fingerprint density at radius 3 is 2.60 bits per heavy atom. The molecule has 0 aliphatic carbocycles. The number of carbonyl (C=O) groups is 1. The fourth-order valence-corrected chi connectivity index (χ4v) is 1.69. The number of aromatic nitrogens is 1. The molecule has 0 atom stereocenters. The van der Waals surface area contributed by atoms with Gasteiger partial charge in [-0.3, -0.25) is 4.79 Å². The fraction of sp³-hybridized carbons (Fsp3) is 0.143. The molecule has 5 nitrogen and oxygen atoms in total. The van der Waals surface area contributed by atoms with E-state index < -0.39 is 0 Å². The van der Waals surface area contributed by atoms with Gasteiger partial charge in [-0.2, -0.15) is 0 Å². The van der Waals surface area contributed by atoms with Gasteiger partial charge in [-0.25, -0.2) is 4.98 Å². The van der Waals surface area contributed by atoms with Crippen LogP contribution in [0.15, 0.2) is 36.5 Å². The third-order valence-corrected chi connectivity index (χ3v) is 2.91. The lowest BCUT2D eigenvalue weighted by Gasteiger charge is -2.10. The number of ether oxygens (including phenoxy) is 1. The second kappa shape index (κ2) is 5.79. The normalized spacial score (nSPS) is 10.2. The number of amides is 1. The Morgan fingerprint density at radius 2 is 2.05 bits per heavy atom. The molecule has 1 amide bonds. The van der Waals surface area contributed by atoms with Gasteiger partial charge in [-0.15, -0.1) is 0 Å². The molecule has 0 fully saturated rings. The van der Waals surface area contributed by atoms with Gasteiger partial charge in [0.05, 0.1) is 16.3 Å². The van der Waals surface area contributed by atoms with E-state index in [1.165, 1.54) is 11.1 Å². The molecule has 1 aromatic heterocycles. The first-order valence-corrected chi connectivity index (χ1v) is 6.26. The van der Waals surface area contributed by atoms with Crippen molar-refractivity contribution >= 4 is 23.2 Å². The number of benzene rings is 1. The van der Waals surface area contributed by atoms with E-state index >= 15 is 0 Å². The molecular formula is C14H14ClN3O2. The van der Waals surface area contributed by atoms with Crippen LogP contribution in [-0.4, -0.2) is 29.9 Å². The van der Waals surface area contributed by atoms with E-state index in [2.05, 4.69) is 4.98 Å². The fourth-order valence-electron chi connectivity index (χ4n) is 1.52. The summed E-state index contributed by atoms with van der Waals surface area (Å²) in [6, 6.07) is 8.24. The number of rotatable bonds is 3. The summed E-state index contributed by atoms with van der Waals surface area (Å²) in [5.41, 5.74) is 6.60. The molecule has 0 aliphatic rings. The molecule has 1 heterocycles. The molecule has 0 bridgehead atoms. The zero-order valence-corrected chi connectivity index (χ0v) is 11.9. The van der Waals surface area contributed by atoms with Crippen molar-refractivity contribution in [1.82, 2.24) is 9.88 Å². The molecule has 20 heavy (non-hydrogen) atoms. The van der Waals surface area contributed by atoms with Crippen molar-refractivity contribution in [2.24, 2.45) is 0 Å². The largest absolute Gasteiger partial charge is 0.439 e. The number of carbonyl (C=O) groups excluding carboxylic acids is 1. The molecule has 104 valence electrons. The van der Waals surface area contributed by atoms with Gasteiger partial charge in [0.2, 0.25) is 5.88 Å². The van der Waals surface area contributed by atoms with Crippen molar-refractivity contribution in [3.8, 4) is 11.6 Å². The summed E-state index contributed by atoms with van der Waals surface area (Å²) in [5.74, 6) is 0.795. The Morgan fingerprint density at radius 1 is 1.30 bits per heavy atom. The Balaban J connectivity index is 2.14. The van der Waals surface area contributed by atoms with Crippen molar-refractivity contribution in [1.29, 1.82) is 0 Å². The van der Waals surface area contributed by atoms with Crippen molar-refractivity contribution in [3.05, 3.63) is 47.1 Å². The van der Waals surface area contributed by atoms with E-state index in [9.17, 15) is 4.79 Å². The first kappa shape index (κ1) is 14.1. The lowest BCUT2D eigenvalue weighted by atomic mass is 10.2. The number of halogens is 1. The monoisotopic (exact) mass is 291 g/mol. The summed E-state index contributed by atoms with van der Waals surface area (Å²) < 4.78 is 5.53. The molecule has 1 aromatic carbocycles. The number of nitrogens with two attached hydrogens (primary N) is 1. The van der Waals surface area contributed by atoms with Gasteiger partial charge in [0.1, 0.15) is 5.75 Å². The highest BCUT2D eigenvalue weighted by Gasteiger charge is 2.09. The standard InChI is InChI=1S/C14H14ClN3O2/c1-18(2)14(19)9-3-6-13(17-8-9)20-10-4-5-12(16)11(15)7-10/h3-8H,16H2,1-2H3. The van der Waals surface area contributed by atoms with E-state index in [-0.39, 0.29) is 5.91 Å². The van der Waals surface area contributed by atoms with E-state index in [1.54, 1.807) is 44.4 Å². The van der Waals surface area contributed by atoms with Crippen molar-refractivity contribution < 1.29 is 9.53 Å². The zero-order chi connectivity index (χ0) is 14.7. The van der Waals surface area contributed by atoms with Gasteiger partial charge in [0.15, 0.2) is 0 Å². The van der Waals surface area contributed by atoms with Crippen LogP contribution >= 0.6 is 11.6 Å². The maximum Gasteiger partial charge on any atom is 0.254 e. The molecule has 0 radical (unpaired) electrons. The average Bonchev–Trinajstić information content (AvgIpc) is 2.43. The van der Waals surface area contributed by atoms with Gasteiger partial charge in [-0.05, 0) is 18.2 Å². The van der Waals surface area contributed by atoms with E-state index in [0.29, 0.717) is 27.9 Å². The average molecular weight is 292 g/mol. The van der Waals surface area contributed by atoms with Crippen LogP contribution in [0.1, 0.15) is 10.4 Å². The van der Waals surface area contributed by atoms with Crippen LogP contribution in [-0.2, 0) is 0 Å². The summed E-state index contributed by atoms with van der Waals surface area (Å²) in [5, 5.41) is 0.418. The van der Waals surface area contributed by atoms with Crippen molar-refractivity contribution in [2.75, 3.05) is 19.8 Å². The molecule has 2 N–H and O–H groups in total. The second-order valence-electron chi connectivity index (χ2n) is 4.37. The number of anilines is 1. The molecule has 0 spiro atoms. The van der Waals surface area contributed by atoms with Crippen LogP contribution in [0.3, 0.4) is 0 Å². The molecule has 0 saturated heterocycles. The SMILES string of the molecule is CN(C)C(=O)c1ccc(Oc2ccc(N)c(Cl)c2)nc1. The Hall–Kier alpha value is -2.27. The first-order chi connectivity index (χ1) is 9.47. The molecule has 2 rings (SSSR count). The van der Waals surface area contributed by atoms with E-state index in [0.717, 1.165) is 0 Å². The summed E-state index contributed by atoms with van der Waals surface area (Å²) in [6.07, 6.45) is 1.47. The second-order valence-corrected chi connectivity index (χ2v) is 4.78. The van der Waals surface area contributed by atoms with Crippen LogP contribution in [0.2, 0.25) is 5.02 Å². The topological polar surface area (TPSA) is 68.5 Å². The molecule has 2 aromatic rings. The highest BCUT2D eigenvalue weighted by Crippen LogP contribution is 2.27. The highest BCUT2D eigenvalue weighted by atomic mass is 35.5. The Bertz CT molecular complexity index is 627. The summed E-state index contributed by atoms with van der Waals surface area (Å²) in [6.45, 7) is 0. The predicted molar refractivity (Wildman–Crippen MR) is 78.2 cm³/mol. The highest BCUT2D eigenvalue weighted by molar-refractivity contribution is 6.33. The van der Waals surface area contributed by atoms with Gasteiger partial charge < -0.3 is 15.4 Å². The van der Waals surface area contributed by atoms with Gasteiger partial charge in [-0.1, -0.05) is 11.6 Å². The number of nitrogen functional groups attached to an aromatic ring is 1. The third kappa shape index (κ3) is 3.19. The molecule has 0 saturated carbocycles. The van der Waals surface area contributed by atoms with Crippen LogP contribution < -0.4 is 10.5 Å². The smallest absolute Gasteiger partial charge is 0.254 e. The first-order valence-electron chi connectivity index (χ1n) is 5.88. The maximum absolute atomic E-state index is 11.7. The third-order valence-electron chi connectivity index (χ3n) is 2.58. The predicted octanol–water partition coefficient (Wildman–Crippen LogP) is 2.81. The molecular weight excluding hydrogens is 278 g/mol. The van der Waals surface area contributed by atoms with Crippen LogP contribution in [0.25, 0.3) is 0 Å². The van der Waals surface area contributed by atoms with Gasteiger partial charge in [0, 0.05) is 32.4 Å². The Labute approximate surface area is 121 Å². The molecule has 0 aliphatic heterocycles. The van der Waals surface area contributed by atoms with Gasteiger partial charge >= 0.3 is 0 Å². The summed E-state index contributed by atoms with van der Waals surface area (Å²) in [7, 11) is 3.37. The number of pyridine rings is 1. The van der Waals surface area contributed by atoms with E-state index in [4.69, 9.17) is 22.1 Å². The maximum atomic E-state index is 11.7. The number of nitrogens with zero attached hydrogens (tertiary/aromatic N) is 2. The quantitative estimate of drug-likeness (QED) is 0.883. The summed E-state index contributed by atoms with van der Waals surface area (Å²) >= 11 is 5.91. The number of hydrogen-bond acceptors (Lipinski definition) is 4. The van der Waals surface area contributed by atoms with Crippen molar-refractivity contribution in [2.45, 2.75) is 0 Å². The Kier molecular flexibility index (Phi) is 4.10. The zero-order valence-electron chi connectivity index (χ0n) is 11.1. The van der Waals surface area contributed by atoms with Crippen molar-refractivity contribution in [3.63, 3.8) is 0 Å². The number of hydrogen-bond donors (Lipinski definition) is 1. The molecule has 6 heteroatoms. The van der Waals surface area contributed by atoms with Gasteiger partial charge in [0.25, 0.3) is 5.91 Å². The minimum Gasteiger partial charge on any atom is -0.439 e. The minimum atomic E-state index is -0.112. The summed E-state index contributed by atoms with van der Waals surface area (Å²) in [4.78, 5) is 17.3. The minimum absolute atomic E-state index is 0.112. The van der Waals surface area contributed by atoms with Crippen LogP contribution in [0.4, 0.5) is 5.69 Å². The molecule has 0 unspecified atom stereocenters. The lowest BCUT2D eigenvalue weighted by Crippen LogP contribution is -2.21. The van der Waals surface area contributed by atoms with Crippen LogP contribution in [0.5, 0.6) is 11.6 Å². The van der Waals surface area contributed by atoms with Crippen LogP contribution in [0, 0.1) is 0 Å².